The Bertz CT molecular complexity index is 1000. The Morgan fingerprint density at radius 3 is 2.40 bits per heavy atom. The largest absolute Gasteiger partial charge is 0.491 e. The van der Waals surface area contributed by atoms with Crippen molar-refractivity contribution in [1.29, 1.82) is 0 Å². The number of hydrogen-bond acceptors (Lipinski definition) is 4. The molecule has 1 amide bonds. The number of amides is 1. The molecule has 0 unspecified atom stereocenters. The lowest BCUT2D eigenvalue weighted by Crippen LogP contribution is -2.46. The first-order valence-corrected chi connectivity index (χ1v) is 12.6. The summed E-state index contributed by atoms with van der Waals surface area (Å²) in [6.07, 6.45) is 3.37. The van der Waals surface area contributed by atoms with Gasteiger partial charge in [0.15, 0.2) is 11.4 Å². The van der Waals surface area contributed by atoms with E-state index in [1.807, 2.05) is 0 Å². The van der Waals surface area contributed by atoms with E-state index in [1.54, 1.807) is 30.3 Å². The molecule has 1 aliphatic heterocycles. The van der Waals surface area contributed by atoms with Gasteiger partial charge in [-0.25, -0.2) is 4.98 Å². The highest BCUT2D eigenvalue weighted by atomic mass is 19.4. The molecule has 0 radical (unpaired) electrons. The van der Waals surface area contributed by atoms with Crippen LogP contribution in [-0.2, 0) is 16.8 Å². The van der Waals surface area contributed by atoms with Crippen molar-refractivity contribution in [3.8, 4) is 17.0 Å². The van der Waals surface area contributed by atoms with E-state index in [9.17, 15) is 23.1 Å². The number of pyridine rings is 1. The van der Waals surface area contributed by atoms with Gasteiger partial charge >= 0.3 is 6.18 Å². The summed E-state index contributed by atoms with van der Waals surface area (Å²) in [6.45, 7) is 0.00195. The summed E-state index contributed by atoms with van der Waals surface area (Å²) in [4.78, 5) is 17.4. The number of benzene rings is 1. The lowest BCUT2D eigenvalue weighted by molar-refractivity contribution is -0.274. The molecule has 2 aliphatic rings. The highest BCUT2D eigenvalue weighted by molar-refractivity contribution is 5.78. The molecular formula is C27H33F3N2O3. The fourth-order valence-electron chi connectivity index (χ4n) is 5.04. The van der Waals surface area contributed by atoms with Crippen molar-refractivity contribution in [3.05, 3.63) is 47.7 Å². The predicted molar refractivity (Wildman–Crippen MR) is 127 cm³/mol. The Balaban J connectivity index is 1.56. The van der Waals surface area contributed by atoms with E-state index in [0.29, 0.717) is 11.3 Å². The second kappa shape index (κ2) is 11.0. The van der Waals surface area contributed by atoms with E-state index in [4.69, 9.17) is 4.74 Å². The first-order chi connectivity index (χ1) is 16.8. The number of rotatable bonds is 5. The van der Waals surface area contributed by atoms with Gasteiger partial charge in [0, 0.05) is 42.1 Å². The number of nitrogens with one attached hydrogen (secondary N) is 1. The second-order valence-electron chi connectivity index (χ2n) is 9.60. The van der Waals surface area contributed by atoms with Crippen LogP contribution in [0.2, 0.25) is 0 Å². The van der Waals surface area contributed by atoms with Crippen LogP contribution in [0.5, 0.6) is 5.75 Å². The smallest absolute Gasteiger partial charge is 0.421 e. The Labute approximate surface area is 204 Å². The normalized spacial score (nSPS) is 21.7. The Morgan fingerprint density at radius 2 is 1.74 bits per heavy atom. The first-order valence-electron chi connectivity index (χ1n) is 12.6. The fraction of sp³-hybridized carbons (Fsp3) is 0.556. The Morgan fingerprint density at radius 1 is 1.09 bits per heavy atom. The van der Waals surface area contributed by atoms with Gasteiger partial charge in [-0.1, -0.05) is 68.9 Å². The van der Waals surface area contributed by atoms with E-state index in [1.165, 1.54) is 18.9 Å². The van der Waals surface area contributed by atoms with Crippen LogP contribution in [0.15, 0.2) is 36.4 Å². The van der Waals surface area contributed by atoms with Crippen molar-refractivity contribution >= 4 is 5.91 Å². The summed E-state index contributed by atoms with van der Waals surface area (Å²) in [6, 6.07) is 10.1. The van der Waals surface area contributed by atoms with Crippen LogP contribution in [0.3, 0.4) is 0 Å². The van der Waals surface area contributed by atoms with Crippen molar-refractivity contribution in [2.45, 2.75) is 76.0 Å². The van der Waals surface area contributed by atoms with Gasteiger partial charge in [-0.2, -0.15) is 13.2 Å². The summed E-state index contributed by atoms with van der Waals surface area (Å²) in [5.74, 6) is -0.0582. The Hall–Kier alpha value is -2.61. The minimum absolute atomic E-state index is 0.00303. The lowest BCUT2D eigenvalue weighted by Gasteiger charge is -2.36. The van der Waals surface area contributed by atoms with Crippen LogP contribution in [0.1, 0.15) is 69.0 Å². The molecule has 0 spiro atoms. The summed E-state index contributed by atoms with van der Waals surface area (Å²) in [7, 11) is 0. The second-order valence-corrected chi connectivity index (χ2v) is 9.60. The number of alkyl halides is 3. The highest BCUT2D eigenvalue weighted by Crippen LogP contribution is 2.50. The molecule has 2 heterocycles. The molecule has 1 aromatic carbocycles. The average molecular weight is 491 g/mol. The van der Waals surface area contributed by atoms with E-state index < -0.39 is 18.2 Å². The number of halogens is 3. The van der Waals surface area contributed by atoms with Gasteiger partial charge < -0.3 is 15.2 Å². The molecule has 1 atom stereocenters. The number of carbonyl (C=O) groups is 1. The van der Waals surface area contributed by atoms with Gasteiger partial charge in [-0.05, 0) is 18.9 Å². The first kappa shape index (κ1) is 25.5. The molecule has 8 heteroatoms. The van der Waals surface area contributed by atoms with Crippen molar-refractivity contribution in [2.24, 2.45) is 5.92 Å². The summed E-state index contributed by atoms with van der Waals surface area (Å²) < 4.78 is 47.4. The molecule has 2 N–H and O–H groups in total. The van der Waals surface area contributed by atoms with Crippen molar-refractivity contribution < 1.29 is 27.8 Å². The molecule has 2 aromatic rings. The zero-order valence-corrected chi connectivity index (χ0v) is 19.9. The zero-order chi connectivity index (χ0) is 24.9. The molecule has 190 valence electrons. The Kier molecular flexibility index (Phi) is 7.99. The van der Waals surface area contributed by atoms with Crippen LogP contribution in [0, 0.1) is 5.92 Å². The molecule has 35 heavy (non-hydrogen) atoms. The van der Waals surface area contributed by atoms with Crippen LogP contribution < -0.4 is 10.1 Å². The molecule has 1 fully saturated rings. The summed E-state index contributed by atoms with van der Waals surface area (Å²) in [5, 5.41) is 13.7. The molecule has 5 nitrogen and oxygen atoms in total. The summed E-state index contributed by atoms with van der Waals surface area (Å²) in [5.41, 5.74) is -2.09. The van der Waals surface area contributed by atoms with E-state index in [2.05, 4.69) is 10.3 Å². The topological polar surface area (TPSA) is 71.5 Å². The quantitative estimate of drug-likeness (QED) is 0.565. The summed E-state index contributed by atoms with van der Waals surface area (Å²) >= 11 is 0. The fourth-order valence-corrected chi connectivity index (χ4v) is 5.04. The predicted octanol–water partition coefficient (Wildman–Crippen LogP) is 5.69. The number of aromatic nitrogens is 1. The standard InChI is InChI=1S/C27H33F3N2O3/c28-27(29,30)26(34)15-17-35-24-22(26)18-21(32-23(24)19-10-8-5-9-11-19)14-16-31-25(33)20-12-6-3-1-2-4-7-13-20/h5,8-11,18,20,34H,1-4,6-7,12-17H2,(H,31,33)/t26-/m0/s1. The molecule has 1 aromatic heterocycles. The molecule has 0 bridgehead atoms. The van der Waals surface area contributed by atoms with Crippen LogP contribution >= 0.6 is 0 Å². The third-order valence-electron chi connectivity index (χ3n) is 7.10. The van der Waals surface area contributed by atoms with Crippen LogP contribution in [0.25, 0.3) is 11.3 Å². The number of nitrogens with zero attached hydrogens (tertiary/aromatic N) is 1. The van der Waals surface area contributed by atoms with Gasteiger partial charge in [0.1, 0.15) is 5.69 Å². The average Bonchev–Trinajstić information content (AvgIpc) is 2.98. The maximum Gasteiger partial charge on any atom is 0.421 e. The van der Waals surface area contributed by atoms with Crippen LogP contribution in [-0.4, -0.2) is 35.3 Å². The maximum atomic E-state index is 13.9. The third-order valence-corrected chi connectivity index (χ3v) is 7.10. The molecule has 1 aliphatic carbocycles. The maximum absolute atomic E-state index is 13.9. The molecular weight excluding hydrogens is 457 g/mol. The lowest BCUT2D eigenvalue weighted by atomic mass is 9.86. The minimum atomic E-state index is -4.86. The number of carbonyl (C=O) groups excluding carboxylic acids is 1. The van der Waals surface area contributed by atoms with Crippen molar-refractivity contribution in [1.82, 2.24) is 10.3 Å². The molecule has 1 saturated carbocycles. The molecule has 0 saturated heterocycles. The zero-order valence-electron chi connectivity index (χ0n) is 19.9. The van der Waals surface area contributed by atoms with E-state index in [0.717, 1.165) is 38.5 Å². The van der Waals surface area contributed by atoms with Crippen molar-refractivity contribution in [3.63, 3.8) is 0 Å². The third kappa shape index (κ3) is 5.80. The SMILES string of the molecule is O=C(NCCc1cc2c(c(-c3ccccc3)n1)OCC[C@@]2(O)C(F)(F)F)C1CCCCCCCC1. The highest BCUT2D eigenvalue weighted by Gasteiger charge is 2.58. The minimum Gasteiger partial charge on any atom is -0.491 e. The van der Waals surface area contributed by atoms with Crippen LogP contribution in [0.4, 0.5) is 13.2 Å². The van der Waals surface area contributed by atoms with Gasteiger partial charge in [-0.15, -0.1) is 0 Å². The number of hydrogen-bond donors (Lipinski definition) is 2. The number of ether oxygens (including phenoxy) is 1. The van der Waals surface area contributed by atoms with E-state index >= 15 is 0 Å². The van der Waals surface area contributed by atoms with E-state index in [-0.39, 0.29) is 48.4 Å². The van der Waals surface area contributed by atoms with Gasteiger partial charge in [0.2, 0.25) is 5.91 Å². The van der Waals surface area contributed by atoms with Gasteiger partial charge in [-0.3, -0.25) is 4.79 Å². The number of fused-ring (bicyclic) bond motifs is 1. The van der Waals surface area contributed by atoms with Gasteiger partial charge in [0.05, 0.1) is 6.61 Å². The van der Waals surface area contributed by atoms with Gasteiger partial charge in [0.25, 0.3) is 0 Å². The van der Waals surface area contributed by atoms with Crippen molar-refractivity contribution in [2.75, 3.05) is 13.2 Å². The number of aliphatic hydroxyl groups is 1. The monoisotopic (exact) mass is 490 g/mol. The molecule has 4 rings (SSSR count).